The summed E-state index contributed by atoms with van der Waals surface area (Å²) >= 11 is 0. The Morgan fingerprint density at radius 3 is 1.94 bits per heavy atom. The predicted molar refractivity (Wildman–Crippen MR) is 78.0 cm³/mol. The van der Waals surface area contributed by atoms with Crippen LogP contribution in [0, 0.1) is 5.92 Å². The van der Waals surface area contributed by atoms with Gasteiger partial charge in [0.05, 0.1) is 12.6 Å². The third-order valence-electron chi connectivity index (χ3n) is 3.09. The van der Waals surface area contributed by atoms with E-state index in [4.69, 9.17) is 4.74 Å². The van der Waals surface area contributed by atoms with Gasteiger partial charge in [0.25, 0.3) is 0 Å². The Morgan fingerprint density at radius 1 is 0.944 bits per heavy atom. The van der Waals surface area contributed by atoms with Crippen molar-refractivity contribution in [3.8, 4) is 0 Å². The van der Waals surface area contributed by atoms with E-state index >= 15 is 0 Å². The summed E-state index contributed by atoms with van der Waals surface area (Å²) in [5, 5.41) is 3.32. The van der Waals surface area contributed by atoms with Gasteiger partial charge < -0.3 is 10.1 Å². The topological polar surface area (TPSA) is 21.3 Å². The van der Waals surface area contributed by atoms with Crippen molar-refractivity contribution in [1.82, 2.24) is 5.32 Å². The molecule has 1 rings (SSSR count). The molecule has 1 aromatic carbocycles. The van der Waals surface area contributed by atoms with Crippen LogP contribution in [0.4, 0.5) is 0 Å². The molecule has 1 atom stereocenters. The number of rotatable bonds is 7. The molecule has 0 amide bonds. The van der Waals surface area contributed by atoms with E-state index in [-0.39, 0.29) is 6.04 Å². The second-order valence-corrected chi connectivity index (χ2v) is 5.59. The van der Waals surface area contributed by atoms with Crippen molar-refractivity contribution >= 4 is 0 Å². The molecule has 0 aliphatic rings. The summed E-state index contributed by atoms with van der Waals surface area (Å²) < 4.78 is 5.72. The normalized spacial score (nSPS) is 13.3. The van der Waals surface area contributed by atoms with Gasteiger partial charge in [-0.3, -0.25) is 0 Å². The Hall–Kier alpha value is -0.860. The van der Waals surface area contributed by atoms with Crippen LogP contribution in [0.1, 0.15) is 50.8 Å². The highest BCUT2D eigenvalue weighted by molar-refractivity contribution is 5.26. The fraction of sp³-hybridized carbons (Fsp3) is 0.625. The molecule has 2 heteroatoms. The Bertz CT molecular complexity index is 329. The molecular weight excluding hydrogens is 222 g/mol. The van der Waals surface area contributed by atoms with Crippen LogP contribution in [0.15, 0.2) is 24.3 Å². The largest absolute Gasteiger partial charge is 0.379 e. The number of hydrogen-bond acceptors (Lipinski definition) is 2. The average molecular weight is 249 g/mol. The Morgan fingerprint density at radius 2 is 1.50 bits per heavy atom. The van der Waals surface area contributed by atoms with Crippen LogP contribution < -0.4 is 5.32 Å². The van der Waals surface area contributed by atoms with Crippen LogP contribution in [-0.4, -0.2) is 20.3 Å². The molecule has 0 saturated carbocycles. The molecule has 102 valence electrons. The van der Waals surface area contributed by atoms with E-state index in [9.17, 15) is 0 Å². The summed E-state index contributed by atoms with van der Waals surface area (Å²) in [7, 11) is 1.99. The highest BCUT2D eigenvalue weighted by Gasteiger charge is 2.10. The van der Waals surface area contributed by atoms with Crippen molar-refractivity contribution in [2.45, 2.75) is 39.7 Å². The van der Waals surface area contributed by atoms with Gasteiger partial charge in [0.2, 0.25) is 0 Å². The molecule has 0 aliphatic heterocycles. The van der Waals surface area contributed by atoms with Gasteiger partial charge in [-0.25, -0.2) is 0 Å². The van der Waals surface area contributed by atoms with E-state index < -0.39 is 0 Å². The van der Waals surface area contributed by atoms with Crippen molar-refractivity contribution in [3.05, 3.63) is 35.4 Å². The van der Waals surface area contributed by atoms with Crippen LogP contribution in [0.25, 0.3) is 0 Å². The monoisotopic (exact) mass is 249 g/mol. The Balaban J connectivity index is 2.58. The molecular formula is C16H27NO. The van der Waals surface area contributed by atoms with Crippen LogP contribution >= 0.6 is 0 Å². The second-order valence-electron chi connectivity index (χ2n) is 5.59. The van der Waals surface area contributed by atoms with Crippen molar-refractivity contribution in [3.63, 3.8) is 0 Å². The Kier molecular flexibility index (Phi) is 6.37. The molecule has 2 nitrogen and oxygen atoms in total. The van der Waals surface area contributed by atoms with Crippen LogP contribution in [0.3, 0.4) is 0 Å². The lowest BCUT2D eigenvalue weighted by atomic mass is 9.99. The predicted octanol–water partition coefficient (Wildman–Crippen LogP) is 3.74. The second kappa shape index (κ2) is 7.55. The summed E-state index contributed by atoms with van der Waals surface area (Å²) in [6.07, 6.45) is 0. The molecule has 18 heavy (non-hydrogen) atoms. The summed E-state index contributed by atoms with van der Waals surface area (Å²) in [4.78, 5) is 0. The maximum atomic E-state index is 5.72. The van der Waals surface area contributed by atoms with E-state index in [2.05, 4.69) is 57.3 Å². The molecule has 0 spiro atoms. The molecule has 0 bridgehead atoms. The number of benzene rings is 1. The number of likely N-dealkylation sites (N-methyl/N-ethyl adjacent to an activating group) is 1. The lowest BCUT2D eigenvalue weighted by molar-refractivity contribution is 0.0919. The maximum Gasteiger partial charge on any atom is 0.0661 e. The number of hydrogen-bond donors (Lipinski definition) is 1. The molecule has 0 saturated heterocycles. The van der Waals surface area contributed by atoms with Gasteiger partial charge in [-0.15, -0.1) is 0 Å². The molecule has 1 aromatic rings. The lowest BCUT2D eigenvalue weighted by Gasteiger charge is -2.18. The van der Waals surface area contributed by atoms with Crippen LogP contribution in [0.2, 0.25) is 0 Å². The molecule has 0 aliphatic carbocycles. The first-order chi connectivity index (χ1) is 8.54. The zero-order valence-electron chi connectivity index (χ0n) is 12.4. The van der Waals surface area contributed by atoms with Gasteiger partial charge in [-0.2, -0.15) is 0 Å². The van der Waals surface area contributed by atoms with E-state index in [1.807, 2.05) is 7.05 Å². The zero-order valence-corrected chi connectivity index (χ0v) is 12.4. The van der Waals surface area contributed by atoms with Crippen molar-refractivity contribution in [2.24, 2.45) is 5.92 Å². The highest BCUT2D eigenvalue weighted by atomic mass is 16.5. The van der Waals surface area contributed by atoms with E-state index in [1.165, 1.54) is 11.1 Å². The molecule has 0 radical (unpaired) electrons. The minimum absolute atomic E-state index is 0.282. The molecule has 0 heterocycles. The molecule has 0 aromatic heterocycles. The van der Waals surface area contributed by atoms with Gasteiger partial charge in [-0.05, 0) is 30.0 Å². The quantitative estimate of drug-likeness (QED) is 0.794. The van der Waals surface area contributed by atoms with Crippen molar-refractivity contribution < 1.29 is 4.74 Å². The fourth-order valence-electron chi connectivity index (χ4n) is 1.88. The van der Waals surface area contributed by atoms with Gasteiger partial charge in [0.1, 0.15) is 0 Å². The molecule has 0 fully saturated rings. The molecule has 1 N–H and O–H groups in total. The summed E-state index contributed by atoms with van der Waals surface area (Å²) in [6, 6.07) is 9.12. The summed E-state index contributed by atoms with van der Waals surface area (Å²) in [5.74, 6) is 1.18. The van der Waals surface area contributed by atoms with E-state index in [1.54, 1.807) is 0 Å². The fourth-order valence-corrected chi connectivity index (χ4v) is 1.88. The number of nitrogens with one attached hydrogen (secondary N) is 1. The maximum absolute atomic E-state index is 5.72. The lowest BCUT2D eigenvalue weighted by Crippen LogP contribution is -2.22. The SMILES string of the molecule is CNC(COCC(C)C)c1ccc(C(C)C)cc1. The van der Waals surface area contributed by atoms with Gasteiger partial charge in [0, 0.05) is 6.61 Å². The van der Waals surface area contributed by atoms with Crippen molar-refractivity contribution in [1.29, 1.82) is 0 Å². The van der Waals surface area contributed by atoms with E-state index in [0.717, 1.165) is 13.2 Å². The number of ether oxygens (including phenoxy) is 1. The van der Waals surface area contributed by atoms with Crippen LogP contribution in [0.5, 0.6) is 0 Å². The summed E-state index contributed by atoms with van der Waals surface area (Å²) in [5.41, 5.74) is 2.68. The third-order valence-corrected chi connectivity index (χ3v) is 3.09. The van der Waals surface area contributed by atoms with Crippen LogP contribution in [-0.2, 0) is 4.74 Å². The summed E-state index contributed by atoms with van der Waals surface area (Å²) in [6.45, 7) is 10.3. The minimum atomic E-state index is 0.282. The first kappa shape index (κ1) is 15.2. The van der Waals surface area contributed by atoms with Gasteiger partial charge in [-0.1, -0.05) is 52.0 Å². The minimum Gasteiger partial charge on any atom is -0.379 e. The Labute approximate surface area is 112 Å². The standard InChI is InChI=1S/C16H27NO/c1-12(2)10-18-11-16(17-5)15-8-6-14(7-9-15)13(3)4/h6-9,12-13,16-17H,10-11H2,1-5H3. The van der Waals surface area contributed by atoms with Gasteiger partial charge in [0.15, 0.2) is 0 Å². The van der Waals surface area contributed by atoms with Crippen molar-refractivity contribution in [2.75, 3.05) is 20.3 Å². The first-order valence-electron chi connectivity index (χ1n) is 6.89. The average Bonchev–Trinajstić information content (AvgIpc) is 2.34. The first-order valence-corrected chi connectivity index (χ1v) is 6.89. The third kappa shape index (κ3) is 4.79. The van der Waals surface area contributed by atoms with E-state index in [0.29, 0.717) is 11.8 Å². The zero-order chi connectivity index (χ0) is 13.5. The smallest absolute Gasteiger partial charge is 0.0661 e. The molecule has 1 unspecified atom stereocenters. The highest BCUT2D eigenvalue weighted by Crippen LogP contribution is 2.19. The van der Waals surface area contributed by atoms with Gasteiger partial charge >= 0.3 is 0 Å².